The summed E-state index contributed by atoms with van der Waals surface area (Å²) in [6, 6.07) is 12.4. The van der Waals surface area contributed by atoms with E-state index in [9.17, 15) is 0 Å². The first-order valence-corrected chi connectivity index (χ1v) is 10.8. The lowest BCUT2D eigenvalue weighted by atomic mass is 10.00. The van der Waals surface area contributed by atoms with Gasteiger partial charge in [0.2, 0.25) is 0 Å². The maximum Gasteiger partial charge on any atom is 0.142 e. The first-order valence-electron chi connectivity index (χ1n) is 10.8. The molecule has 0 atom stereocenters. The highest BCUT2D eigenvalue weighted by atomic mass is 16.5. The number of aromatic amines is 2. The second-order valence-electron chi connectivity index (χ2n) is 8.44. The number of aryl methyl sites for hydroxylation is 4. The average Bonchev–Trinajstić information content (AvgIpc) is 3.44. The van der Waals surface area contributed by atoms with Crippen LogP contribution < -0.4 is 4.74 Å². The predicted octanol–water partition coefficient (Wildman–Crippen LogP) is 6.16. The normalized spacial score (nSPS) is 11.8. The zero-order valence-electron chi connectivity index (χ0n) is 19.1. The Morgan fingerprint density at radius 3 is 2.45 bits per heavy atom. The number of ether oxygens (including phenoxy) is 1. The summed E-state index contributed by atoms with van der Waals surface area (Å²) >= 11 is 0. The summed E-state index contributed by atoms with van der Waals surface area (Å²) in [5.74, 6) is 2.21. The molecule has 4 aromatic heterocycles. The summed E-state index contributed by atoms with van der Waals surface area (Å²) in [5, 5.41) is 7.28. The van der Waals surface area contributed by atoms with E-state index in [-0.39, 0.29) is 0 Å². The smallest absolute Gasteiger partial charge is 0.142 e. The van der Waals surface area contributed by atoms with Crippen molar-refractivity contribution in [2.24, 2.45) is 0 Å². The van der Waals surface area contributed by atoms with Gasteiger partial charge < -0.3 is 19.2 Å². The van der Waals surface area contributed by atoms with Crippen LogP contribution in [-0.2, 0) is 0 Å². The molecule has 7 nitrogen and oxygen atoms in total. The molecule has 0 radical (unpaired) electrons. The SMILES string of the molecule is COc1cc2c(cc1-c1c(C)noc1C)[nH]c1nc(C)nc(-c3[nH]c4ccccc4c3C)c12. The minimum Gasteiger partial charge on any atom is -0.496 e. The van der Waals surface area contributed by atoms with Crippen molar-refractivity contribution in [1.82, 2.24) is 25.1 Å². The fourth-order valence-electron chi connectivity index (χ4n) is 4.87. The van der Waals surface area contributed by atoms with Crippen LogP contribution in [-0.4, -0.2) is 32.2 Å². The lowest BCUT2D eigenvalue weighted by Crippen LogP contribution is -1.94. The Balaban J connectivity index is 1.70. The van der Waals surface area contributed by atoms with Gasteiger partial charge in [-0.3, -0.25) is 0 Å². The lowest BCUT2D eigenvalue weighted by molar-refractivity contribution is 0.393. The number of hydrogen-bond acceptors (Lipinski definition) is 5. The Labute approximate surface area is 189 Å². The van der Waals surface area contributed by atoms with Crippen molar-refractivity contribution in [2.45, 2.75) is 27.7 Å². The highest BCUT2D eigenvalue weighted by molar-refractivity contribution is 6.14. The van der Waals surface area contributed by atoms with E-state index < -0.39 is 0 Å². The molecule has 0 unspecified atom stereocenters. The van der Waals surface area contributed by atoms with Crippen LogP contribution in [0, 0.1) is 27.7 Å². The van der Waals surface area contributed by atoms with E-state index in [0.717, 1.165) is 67.2 Å². The summed E-state index contributed by atoms with van der Waals surface area (Å²) in [6.07, 6.45) is 0. The minimum atomic E-state index is 0.708. The molecule has 6 aromatic rings. The molecule has 6 rings (SSSR count). The van der Waals surface area contributed by atoms with E-state index in [4.69, 9.17) is 19.2 Å². The first-order chi connectivity index (χ1) is 16.0. The van der Waals surface area contributed by atoms with Gasteiger partial charge in [-0.15, -0.1) is 0 Å². The van der Waals surface area contributed by atoms with Crippen molar-refractivity contribution < 1.29 is 9.26 Å². The molecule has 0 saturated heterocycles. The van der Waals surface area contributed by atoms with E-state index >= 15 is 0 Å². The van der Waals surface area contributed by atoms with E-state index in [1.165, 1.54) is 10.9 Å². The molecular formula is C26H23N5O2. The van der Waals surface area contributed by atoms with Gasteiger partial charge in [-0.2, -0.15) is 0 Å². The fraction of sp³-hybridized carbons (Fsp3) is 0.192. The standard InChI is InChI=1S/C26H23N5O2/c1-12-16-8-6-7-9-19(16)29-24(12)25-23-17-11-21(32-5)18(22-13(2)31-33-14(22)3)10-20(17)30-26(23)28-15(4)27-25/h6-11,29H,1-5H3,(H,27,28,30). The predicted molar refractivity (Wildman–Crippen MR) is 130 cm³/mol. The highest BCUT2D eigenvalue weighted by Gasteiger charge is 2.22. The zero-order chi connectivity index (χ0) is 22.9. The Kier molecular flexibility index (Phi) is 4.11. The number of rotatable bonds is 3. The first kappa shape index (κ1) is 19.5. The van der Waals surface area contributed by atoms with Crippen LogP contribution in [0.5, 0.6) is 5.75 Å². The van der Waals surface area contributed by atoms with Crippen molar-refractivity contribution >= 4 is 32.8 Å². The number of aromatic nitrogens is 5. The molecule has 0 aliphatic rings. The van der Waals surface area contributed by atoms with E-state index in [0.29, 0.717) is 5.82 Å². The molecule has 2 N–H and O–H groups in total. The van der Waals surface area contributed by atoms with Crippen molar-refractivity contribution in [1.29, 1.82) is 0 Å². The van der Waals surface area contributed by atoms with Gasteiger partial charge in [-0.25, -0.2) is 9.97 Å². The molecule has 2 aromatic carbocycles. The van der Waals surface area contributed by atoms with Crippen molar-refractivity contribution in [3.05, 3.63) is 59.2 Å². The fourth-order valence-corrected chi connectivity index (χ4v) is 4.87. The van der Waals surface area contributed by atoms with Crippen LogP contribution in [0.1, 0.15) is 22.8 Å². The van der Waals surface area contributed by atoms with Crippen LogP contribution in [0.4, 0.5) is 0 Å². The van der Waals surface area contributed by atoms with Gasteiger partial charge in [0.1, 0.15) is 28.7 Å². The number of hydrogen-bond donors (Lipinski definition) is 2. The number of para-hydroxylation sites is 1. The van der Waals surface area contributed by atoms with Gasteiger partial charge in [0.25, 0.3) is 0 Å². The van der Waals surface area contributed by atoms with Crippen molar-refractivity contribution in [3.8, 4) is 28.3 Å². The Bertz CT molecular complexity index is 1680. The summed E-state index contributed by atoms with van der Waals surface area (Å²) < 4.78 is 11.2. The van der Waals surface area contributed by atoms with E-state index in [1.54, 1.807) is 7.11 Å². The molecular weight excluding hydrogens is 414 g/mol. The second kappa shape index (κ2) is 6.93. The van der Waals surface area contributed by atoms with Crippen LogP contribution in [0.25, 0.3) is 55.4 Å². The number of methoxy groups -OCH3 is 1. The third kappa shape index (κ3) is 2.78. The molecule has 0 saturated carbocycles. The molecule has 33 heavy (non-hydrogen) atoms. The van der Waals surface area contributed by atoms with Gasteiger partial charge in [-0.05, 0) is 51.5 Å². The number of nitrogens with one attached hydrogen (secondary N) is 2. The number of nitrogens with zero attached hydrogens (tertiary/aromatic N) is 3. The lowest BCUT2D eigenvalue weighted by Gasteiger charge is -2.09. The largest absolute Gasteiger partial charge is 0.496 e. The van der Waals surface area contributed by atoms with Crippen molar-refractivity contribution in [2.75, 3.05) is 7.11 Å². The Morgan fingerprint density at radius 2 is 1.73 bits per heavy atom. The average molecular weight is 438 g/mol. The minimum absolute atomic E-state index is 0.708. The van der Waals surface area contributed by atoms with Crippen LogP contribution >= 0.6 is 0 Å². The van der Waals surface area contributed by atoms with Crippen LogP contribution in [0.15, 0.2) is 40.9 Å². The third-order valence-corrected chi connectivity index (χ3v) is 6.39. The molecule has 0 fully saturated rings. The maximum atomic E-state index is 5.81. The van der Waals surface area contributed by atoms with Gasteiger partial charge >= 0.3 is 0 Å². The molecule has 0 bridgehead atoms. The second-order valence-corrected chi connectivity index (χ2v) is 8.44. The highest BCUT2D eigenvalue weighted by Crippen LogP contribution is 2.42. The number of benzene rings is 2. The summed E-state index contributed by atoms with van der Waals surface area (Å²) in [6.45, 7) is 7.90. The molecule has 0 aliphatic carbocycles. The Morgan fingerprint density at radius 1 is 0.909 bits per heavy atom. The monoisotopic (exact) mass is 437 g/mol. The maximum absolute atomic E-state index is 5.81. The summed E-state index contributed by atoms with van der Waals surface area (Å²) in [7, 11) is 1.68. The molecule has 7 heteroatoms. The van der Waals surface area contributed by atoms with Gasteiger partial charge in [0, 0.05) is 27.4 Å². The number of H-pyrrole nitrogens is 2. The quantitative estimate of drug-likeness (QED) is 0.346. The molecule has 0 amide bonds. The molecule has 164 valence electrons. The van der Waals surface area contributed by atoms with Gasteiger partial charge in [0.15, 0.2) is 0 Å². The van der Waals surface area contributed by atoms with Crippen molar-refractivity contribution in [3.63, 3.8) is 0 Å². The van der Waals surface area contributed by atoms with Gasteiger partial charge in [-0.1, -0.05) is 23.4 Å². The molecule has 0 spiro atoms. The molecule has 4 heterocycles. The third-order valence-electron chi connectivity index (χ3n) is 6.39. The van der Waals surface area contributed by atoms with Crippen LogP contribution in [0.2, 0.25) is 0 Å². The topological polar surface area (TPSA) is 92.6 Å². The summed E-state index contributed by atoms with van der Waals surface area (Å²) in [4.78, 5) is 16.7. The van der Waals surface area contributed by atoms with E-state index in [1.807, 2.05) is 26.8 Å². The molecule has 0 aliphatic heterocycles. The summed E-state index contributed by atoms with van der Waals surface area (Å²) in [5.41, 5.74) is 8.59. The Hall–Kier alpha value is -4.13. The van der Waals surface area contributed by atoms with Gasteiger partial charge in [0.05, 0.1) is 29.4 Å². The number of fused-ring (bicyclic) bond motifs is 4. The zero-order valence-corrected chi connectivity index (χ0v) is 19.1. The van der Waals surface area contributed by atoms with Crippen LogP contribution in [0.3, 0.4) is 0 Å². The van der Waals surface area contributed by atoms with E-state index in [2.05, 4.69) is 52.4 Å².